The van der Waals surface area contributed by atoms with Crippen LogP contribution in [0.25, 0.3) is 0 Å². The van der Waals surface area contributed by atoms with Crippen LogP contribution >= 0.6 is 0 Å². The van der Waals surface area contributed by atoms with Gasteiger partial charge >= 0.3 is 0 Å². The fraction of sp³-hybridized carbons (Fsp3) is 0.500. The molecule has 0 bridgehead atoms. The highest BCUT2D eigenvalue weighted by atomic mass is 16.5. The molecule has 98 valence electrons. The van der Waals surface area contributed by atoms with Crippen LogP contribution < -0.4 is 15.8 Å². The zero-order chi connectivity index (χ0) is 13.0. The molecule has 1 saturated carbocycles. The molecule has 0 aromatic heterocycles. The van der Waals surface area contributed by atoms with Gasteiger partial charge in [-0.05, 0) is 30.9 Å². The van der Waals surface area contributed by atoms with E-state index in [0.717, 1.165) is 30.6 Å². The summed E-state index contributed by atoms with van der Waals surface area (Å²) < 4.78 is 5.27. The van der Waals surface area contributed by atoms with Crippen LogP contribution in [0.4, 0.5) is 0 Å². The van der Waals surface area contributed by atoms with Crippen molar-refractivity contribution in [2.75, 3.05) is 13.7 Å². The van der Waals surface area contributed by atoms with Gasteiger partial charge in [0.05, 0.1) is 7.11 Å². The molecule has 1 amide bonds. The standard InChI is InChI=1S/C14H20N2O2/c1-18-13-5-3-2-4-10(13)6-7-16-14(17)11-8-12(15)9-11/h2-5,11-12H,6-9,15H2,1H3,(H,16,17). The van der Waals surface area contributed by atoms with Crippen molar-refractivity contribution < 1.29 is 9.53 Å². The van der Waals surface area contributed by atoms with E-state index in [1.165, 1.54) is 0 Å². The van der Waals surface area contributed by atoms with Crippen molar-refractivity contribution in [3.63, 3.8) is 0 Å². The third kappa shape index (κ3) is 3.01. The molecule has 3 N–H and O–H groups in total. The Morgan fingerprint density at radius 1 is 1.44 bits per heavy atom. The number of nitrogens with one attached hydrogen (secondary N) is 1. The Hall–Kier alpha value is -1.55. The van der Waals surface area contributed by atoms with E-state index in [-0.39, 0.29) is 17.9 Å². The summed E-state index contributed by atoms with van der Waals surface area (Å²) in [6.07, 6.45) is 2.43. The van der Waals surface area contributed by atoms with Gasteiger partial charge in [0, 0.05) is 18.5 Å². The summed E-state index contributed by atoms with van der Waals surface area (Å²) in [5, 5.41) is 2.95. The van der Waals surface area contributed by atoms with E-state index in [1.54, 1.807) is 7.11 Å². The van der Waals surface area contributed by atoms with Gasteiger partial charge in [0.15, 0.2) is 0 Å². The molecule has 0 heterocycles. The fourth-order valence-corrected chi connectivity index (χ4v) is 2.25. The van der Waals surface area contributed by atoms with Gasteiger partial charge in [-0.3, -0.25) is 4.79 Å². The van der Waals surface area contributed by atoms with Crippen molar-refractivity contribution in [1.82, 2.24) is 5.32 Å². The first-order chi connectivity index (χ1) is 8.70. The summed E-state index contributed by atoms with van der Waals surface area (Å²) in [7, 11) is 1.66. The quantitative estimate of drug-likeness (QED) is 0.820. The first kappa shape index (κ1) is 12.9. The van der Waals surface area contributed by atoms with E-state index in [2.05, 4.69) is 5.32 Å². The Kier molecular flexibility index (Phi) is 4.20. The molecular formula is C14H20N2O2. The van der Waals surface area contributed by atoms with Gasteiger partial charge in [-0.1, -0.05) is 18.2 Å². The molecule has 1 aromatic carbocycles. The molecule has 0 unspecified atom stereocenters. The van der Waals surface area contributed by atoms with Gasteiger partial charge in [0.25, 0.3) is 0 Å². The molecule has 1 aromatic rings. The molecule has 1 fully saturated rings. The van der Waals surface area contributed by atoms with Crippen LogP contribution in [0.3, 0.4) is 0 Å². The number of hydrogen-bond donors (Lipinski definition) is 2. The van der Waals surface area contributed by atoms with Crippen molar-refractivity contribution in [1.29, 1.82) is 0 Å². The second kappa shape index (κ2) is 5.87. The maximum atomic E-state index is 11.7. The smallest absolute Gasteiger partial charge is 0.223 e. The number of hydrogen-bond acceptors (Lipinski definition) is 3. The van der Waals surface area contributed by atoms with E-state index >= 15 is 0 Å². The summed E-state index contributed by atoms with van der Waals surface area (Å²) in [5.74, 6) is 1.13. The molecule has 1 aliphatic rings. The van der Waals surface area contributed by atoms with Crippen molar-refractivity contribution in [3.05, 3.63) is 29.8 Å². The Labute approximate surface area is 108 Å². The number of nitrogens with two attached hydrogens (primary N) is 1. The molecule has 2 rings (SSSR count). The van der Waals surface area contributed by atoms with E-state index in [9.17, 15) is 4.79 Å². The van der Waals surface area contributed by atoms with Gasteiger partial charge in [-0.15, -0.1) is 0 Å². The van der Waals surface area contributed by atoms with Crippen LogP contribution in [-0.4, -0.2) is 25.6 Å². The number of rotatable bonds is 5. The predicted molar refractivity (Wildman–Crippen MR) is 70.4 cm³/mol. The van der Waals surface area contributed by atoms with Crippen LogP contribution in [0, 0.1) is 5.92 Å². The van der Waals surface area contributed by atoms with Gasteiger partial charge in [-0.2, -0.15) is 0 Å². The van der Waals surface area contributed by atoms with Crippen LogP contribution in [0.5, 0.6) is 5.75 Å². The zero-order valence-electron chi connectivity index (χ0n) is 10.7. The lowest BCUT2D eigenvalue weighted by Gasteiger charge is -2.31. The van der Waals surface area contributed by atoms with E-state index in [0.29, 0.717) is 6.54 Å². The Bertz CT molecular complexity index is 414. The highest BCUT2D eigenvalue weighted by Crippen LogP contribution is 2.25. The lowest BCUT2D eigenvalue weighted by molar-refractivity contribution is -0.127. The minimum Gasteiger partial charge on any atom is -0.496 e. The highest BCUT2D eigenvalue weighted by Gasteiger charge is 2.31. The number of amides is 1. The first-order valence-electron chi connectivity index (χ1n) is 6.36. The summed E-state index contributed by atoms with van der Waals surface area (Å²) in [6, 6.07) is 8.09. The predicted octanol–water partition coefficient (Wildman–Crippen LogP) is 1.09. The largest absolute Gasteiger partial charge is 0.496 e. The number of ether oxygens (including phenoxy) is 1. The third-order valence-corrected chi connectivity index (χ3v) is 3.43. The molecular weight excluding hydrogens is 228 g/mol. The molecule has 0 atom stereocenters. The minimum atomic E-state index is 0.123. The minimum absolute atomic E-state index is 0.123. The normalized spacial score (nSPS) is 22.1. The first-order valence-corrected chi connectivity index (χ1v) is 6.36. The molecule has 4 nitrogen and oxygen atoms in total. The number of methoxy groups -OCH3 is 1. The molecule has 0 radical (unpaired) electrons. The molecule has 0 aliphatic heterocycles. The van der Waals surface area contributed by atoms with Gasteiger partial charge in [0.1, 0.15) is 5.75 Å². The Balaban J connectivity index is 1.76. The SMILES string of the molecule is COc1ccccc1CCNC(=O)C1CC(N)C1. The Morgan fingerprint density at radius 3 is 2.83 bits per heavy atom. The molecule has 1 aliphatic carbocycles. The topological polar surface area (TPSA) is 64.3 Å². The lowest BCUT2D eigenvalue weighted by Crippen LogP contribution is -2.45. The van der Waals surface area contributed by atoms with Crippen molar-refractivity contribution in [2.24, 2.45) is 11.7 Å². The van der Waals surface area contributed by atoms with Crippen LogP contribution in [0.2, 0.25) is 0 Å². The van der Waals surface area contributed by atoms with E-state index in [4.69, 9.17) is 10.5 Å². The number of benzene rings is 1. The average molecular weight is 248 g/mol. The molecule has 0 spiro atoms. The third-order valence-electron chi connectivity index (χ3n) is 3.43. The number of carbonyl (C=O) groups excluding carboxylic acids is 1. The second-order valence-corrected chi connectivity index (χ2v) is 4.78. The highest BCUT2D eigenvalue weighted by molar-refractivity contribution is 5.79. The zero-order valence-corrected chi connectivity index (χ0v) is 10.7. The summed E-state index contributed by atoms with van der Waals surface area (Å²) in [4.78, 5) is 11.7. The van der Waals surface area contributed by atoms with E-state index in [1.807, 2.05) is 24.3 Å². The van der Waals surface area contributed by atoms with E-state index < -0.39 is 0 Å². The van der Waals surface area contributed by atoms with Crippen molar-refractivity contribution in [2.45, 2.75) is 25.3 Å². The molecule has 18 heavy (non-hydrogen) atoms. The van der Waals surface area contributed by atoms with Crippen molar-refractivity contribution >= 4 is 5.91 Å². The lowest BCUT2D eigenvalue weighted by atomic mass is 9.80. The van der Waals surface area contributed by atoms with Gasteiger partial charge in [-0.25, -0.2) is 0 Å². The average Bonchev–Trinajstić information content (AvgIpc) is 2.35. The Morgan fingerprint density at radius 2 is 2.17 bits per heavy atom. The fourth-order valence-electron chi connectivity index (χ4n) is 2.25. The summed E-state index contributed by atoms with van der Waals surface area (Å²) in [6.45, 7) is 0.644. The summed E-state index contributed by atoms with van der Waals surface area (Å²) in [5.41, 5.74) is 6.78. The van der Waals surface area contributed by atoms with Crippen LogP contribution in [0.1, 0.15) is 18.4 Å². The van der Waals surface area contributed by atoms with Gasteiger partial charge in [0.2, 0.25) is 5.91 Å². The second-order valence-electron chi connectivity index (χ2n) is 4.78. The van der Waals surface area contributed by atoms with Crippen molar-refractivity contribution in [3.8, 4) is 5.75 Å². The molecule has 4 heteroatoms. The molecule has 0 saturated heterocycles. The summed E-state index contributed by atoms with van der Waals surface area (Å²) >= 11 is 0. The monoisotopic (exact) mass is 248 g/mol. The van der Waals surface area contributed by atoms with Crippen LogP contribution in [-0.2, 0) is 11.2 Å². The number of carbonyl (C=O) groups is 1. The van der Waals surface area contributed by atoms with Gasteiger partial charge < -0.3 is 15.8 Å². The van der Waals surface area contributed by atoms with Crippen LogP contribution in [0.15, 0.2) is 24.3 Å². The maximum absolute atomic E-state index is 11.7. The maximum Gasteiger partial charge on any atom is 0.223 e. The number of para-hydroxylation sites is 1.